The van der Waals surface area contributed by atoms with Crippen molar-refractivity contribution in [2.75, 3.05) is 23.7 Å². The lowest BCUT2D eigenvalue weighted by Gasteiger charge is -2.56. The lowest BCUT2D eigenvalue weighted by atomic mass is 9.49. The van der Waals surface area contributed by atoms with Crippen molar-refractivity contribution in [3.05, 3.63) is 60.4 Å². The molecular formula is C29H35N5O. The van der Waals surface area contributed by atoms with Gasteiger partial charge in [-0.15, -0.1) is 0 Å². The Labute approximate surface area is 207 Å². The van der Waals surface area contributed by atoms with E-state index in [0.29, 0.717) is 6.42 Å². The number of rotatable bonds is 9. The number of carbonyl (C=O) groups excluding carboxylic acids is 1. The summed E-state index contributed by atoms with van der Waals surface area (Å²) in [5.41, 5.74) is 3.05. The molecule has 0 atom stereocenters. The Bertz CT molecular complexity index is 1160. The van der Waals surface area contributed by atoms with Gasteiger partial charge in [0.2, 0.25) is 5.91 Å². The molecule has 3 N–H and O–H groups in total. The summed E-state index contributed by atoms with van der Waals surface area (Å²) in [5, 5.41) is 11.0. The van der Waals surface area contributed by atoms with E-state index >= 15 is 0 Å². The van der Waals surface area contributed by atoms with Crippen molar-refractivity contribution >= 4 is 28.3 Å². The minimum Gasteiger partial charge on any atom is -0.369 e. The Hall–Kier alpha value is -2.99. The van der Waals surface area contributed by atoms with E-state index in [1.807, 2.05) is 48.7 Å². The van der Waals surface area contributed by atoms with Crippen LogP contribution in [0.5, 0.6) is 0 Å². The molecule has 4 aliphatic carbocycles. The van der Waals surface area contributed by atoms with Crippen LogP contribution in [0, 0.1) is 23.2 Å². The first-order valence-electron chi connectivity index (χ1n) is 13.2. The van der Waals surface area contributed by atoms with Crippen molar-refractivity contribution < 1.29 is 4.79 Å². The monoisotopic (exact) mass is 469 g/mol. The lowest BCUT2D eigenvalue weighted by molar-refractivity contribution is -0.124. The second kappa shape index (κ2) is 9.57. The van der Waals surface area contributed by atoms with Crippen molar-refractivity contribution in [2.45, 2.75) is 51.5 Å². The van der Waals surface area contributed by atoms with Gasteiger partial charge in [0, 0.05) is 37.6 Å². The maximum Gasteiger partial charge on any atom is 0.224 e. The van der Waals surface area contributed by atoms with E-state index in [1.165, 1.54) is 38.5 Å². The Kier molecular flexibility index (Phi) is 6.15. The predicted octanol–water partition coefficient (Wildman–Crippen LogP) is 5.38. The fourth-order valence-corrected chi connectivity index (χ4v) is 7.40. The molecular weight excluding hydrogens is 434 g/mol. The van der Waals surface area contributed by atoms with Crippen molar-refractivity contribution in [2.24, 2.45) is 23.2 Å². The van der Waals surface area contributed by atoms with Gasteiger partial charge in [-0.1, -0.05) is 12.1 Å². The van der Waals surface area contributed by atoms with Crippen LogP contribution in [-0.2, 0) is 11.3 Å². The van der Waals surface area contributed by atoms with Gasteiger partial charge in [0.05, 0.1) is 16.9 Å². The summed E-state index contributed by atoms with van der Waals surface area (Å²) in [7, 11) is 0. The smallest absolute Gasteiger partial charge is 0.224 e. The van der Waals surface area contributed by atoms with Gasteiger partial charge in [-0.2, -0.15) is 0 Å². The molecule has 4 bridgehead atoms. The SMILES string of the molecule is O=C(CC12CC3CC(CC(C3)C1)C2)Nc1cccc2nc(NCCNCc3ccccn3)ccc12. The normalized spacial score (nSPS) is 26.7. The molecule has 6 nitrogen and oxygen atoms in total. The van der Waals surface area contributed by atoms with Crippen LogP contribution in [0.3, 0.4) is 0 Å². The number of nitrogens with zero attached hydrogens (tertiary/aromatic N) is 2. The number of carbonyl (C=O) groups is 1. The predicted molar refractivity (Wildman–Crippen MR) is 140 cm³/mol. The zero-order valence-electron chi connectivity index (χ0n) is 20.3. The number of benzene rings is 1. The summed E-state index contributed by atoms with van der Waals surface area (Å²) in [6, 6.07) is 16.0. The zero-order chi connectivity index (χ0) is 23.7. The van der Waals surface area contributed by atoms with Crippen LogP contribution < -0.4 is 16.0 Å². The molecule has 4 aliphatic rings. The largest absolute Gasteiger partial charge is 0.369 e. The topological polar surface area (TPSA) is 78.9 Å². The first-order valence-corrected chi connectivity index (χ1v) is 13.2. The molecule has 2 aromatic heterocycles. The molecule has 0 saturated heterocycles. The Morgan fingerprint density at radius 2 is 1.71 bits per heavy atom. The summed E-state index contributed by atoms with van der Waals surface area (Å²) < 4.78 is 0. The zero-order valence-corrected chi connectivity index (χ0v) is 20.3. The molecule has 0 aliphatic heterocycles. The van der Waals surface area contributed by atoms with Gasteiger partial charge >= 0.3 is 0 Å². The first kappa shape index (κ1) is 22.5. The van der Waals surface area contributed by atoms with Crippen LogP contribution in [0.2, 0.25) is 0 Å². The molecule has 6 heteroatoms. The third kappa shape index (κ3) is 5.03. The molecule has 0 radical (unpaired) electrons. The summed E-state index contributed by atoms with van der Waals surface area (Å²) in [6.45, 7) is 2.34. The summed E-state index contributed by atoms with van der Waals surface area (Å²) >= 11 is 0. The minimum absolute atomic E-state index is 0.167. The van der Waals surface area contributed by atoms with E-state index in [9.17, 15) is 4.79 Å². The van der Waals surface area contributed by atoms with Gasteiger partial charge < -0.3 is 16.0 Å². The van der Waals surface area contributed by atoms with E-state index < -0.39 is 0 Å². The fraction of sp³-hybridized carbons (Fsp3) is 0.483. The van der Waals surface area contributed by atoms with Gasteiger partial charge in [-0.25, -0.2) is 4.98 Å². The average molecular weight is 470 g/mol. The summed E-state index contributed by atoms with van der Waals surface area (Å²) in [6.07, 6.45) is 10.5. The molecule has 1 amide bonds. The fourth-order valence-electron chi connectivity index (χ4n) is 7.40. The Morgan fingerprint density at radius 3 is 2.46 bits per heavy atom. The van der Waals surface area contributed by atoms with E-state index in [4.69, 9.17) is 4.98 Å². The molecule has 4 saturated carbocycles. The molecule has 1 aromatic carbocycles. The summed E-state index contributed by atoms with van der Waals surface area (Å²) in [4.78, 5) is 22.3. The Balaban J connectivity index is 1.05. The minimum atomic E-state index is 0.167. The molecule has 35 heavy (non-hydrogen) atoms. The molecule has 2 heterocycles. The van der Waals surface area contributed by atoms with Gasteiger partial charge in [0.15, 0.2) is 0 Å². The van der Waals surface area contributed by atoms with Crippen molar-refractivity contribution in [1.82, 2.24) is 15.3 Å². The molecule has 0 unspecified atom stereocenters. The highest BCUT2D eigenvalue weighted by Gasteiger charge is 2.51. The van der Waals surface area contributed by atoms with Crippen molar-refractivity contribution in [3.8, 4) is 0 Å². The second-order valence-electron chi connectivity index (χ2n) is 11.1. The third-order valence-corrected chi connectivity index (χ3v) is 8.35. The van der Waals surface area contributed by atoms with Crippen molar-refractivity contribution in [3.63, 3.8) is 0 Å². The van der Waals surface area contributed by atoms with E-state index in [0.717, 1.165) is 65.5 Å². The van der Waals surface area contributed by atoms with Crippen LogP contribution in [-0.4, -0.2) is 29.0 Å². The molecule has 182 valence electrons. The first-order chi connectivity index (χ1) is 17.1. The number of hydrogen-bond acceptors (Lipinski definition) is 5. The second-order valence-corrected chi connectivity index (χ2v) is 11.1. The number of anilines is 2. The molecule has 3 aromatic rings. The maximum absolute atomic E-state index is 13.2. The third-order valence-electron chi connectivity index (χ3n) is 8.35. The number of aromatic nitrogens is 2. The lowest BCUT2D eigenvalue weighted by Crippen LogP contribution is -2.47. The highest BCUT2D eigenvalue weighted by atomic mass is 16.1. The van der Waals surface area contributed by atoms with E-state index in [-0.39, 0.29) is 11.3 Å². The highest BCUT2D eigenvalue weighted by Crippen LogP contribution is 2.61. The van der Waals surface area contributed by atoms with Gasteiger partial charge in [-0.3, -0.25) is 9.78 Å². The van der Waals surface area contributed by atoms with Crippen molar-refractivity contribution in [1.29, 1.82) is 0 Å². The Morgan fingerprint density at radius 1 is 0.914 bits per heavy atom. The van der Waals surface area contributed by atoms with Crippen LogP contribution >= 0.6 is 0 Å². The van der Waals surface area contributed by atoms with E-state index in [1.54, 1.807) is 0 Å². The standard InChI is InChI=1S/C29H35N5O/c35-28(18-29-15-20-12-21(16-29)14-22(13-20)17-29)34-26-6-3-5-25-24(26)7-8-27(33-25)32-11-10-30-19-23-4-1-2-9-31-23/h1-9,20-22,30H,10-19H2,(H,32,33)(H,34,35). The molecule has 4 fully saturated rings. The molecule has 7 rings (SSSR count). The van der Waals surface area contributed by atoms with Crippen LogP contribution in [0.1, 0.15) is 50.6 Å². The highest BCUT2D eigenvalue weighted by molar-refractivity contribution is 6.01. The van der Waals surface area contributed by atoms with Gasteiger partial charge in [0.1, 0.15) is 5.82 Å². The number of amides is 1. The van der Waals surface area contributed by atoms with Gasteiger partial charge in [-0.05, 0) is 98.1 Å². The molecule has 0 spiro atoms. The number of hydrogen-bond donors (Lipinski definition) is 3. The van der Waals surface area contributed by atoms with Crippen LogP contribution in [0.4, 0.5) is 11.5 Å². The van der Waals surface area contributed by atoms with Gasteiger partial charge in [0.25, 0.3) is 0 Å². The average Bonchev–Trinajstić information content (AvgIpc) is 2.83. The van der Waals surface area contributed by atoms with E-state index in [2.05, 4.69) is 27.0 Å². The van der Waals surface area contributed by atoms with Crippen LogP contribution in [0.25, 0.3) is 10.9 Å². The number of pyridine rings is 2. The van der Waals surface area contributed by atoms with Crippen LogP contribution in [0.15, 0.2) is 54.7 Å². The number of fused-ring (bicyclic) bond motifs is 1. The quantitative estimate of drug-likeness (QED) is 0.367. The summed E-state index contributed by atoms with van der Waals surface area (Å²) in [5.74, 6) is 3.61. The number of nitrogens with one attached hydrogen (secondary N) is 3. The maximum atomic E-state index is 13.2.